The van der Waals surface area contributed by atoms with Gasteiger partial charge >= 0.3 is 5.97 Å². The maximum Gasteiger partial charge on any atom is 0.303 e. The maximum atomic E-state index is 11.2. The number of aliphatic hydroxyl groups is 3. The zero-order valence-electron chi connectivity index (χ0n) is 20.7. The Morgan fingerprint density at radius 3 is 1.28 bits per heavy atom. The number of carbonyl (C=O) groups is 2. The number of carboxylic acids is 1. The van der Waals surface area contributed by atoms with Gasteiger partial charge in [-0.1, -0.05) is 96.8 Å². The van der Waals surface area contributed by atoms with Crippen LogP contribution in [-0.4, -0.2) is 65.7 Å². The fourth-order valence-electron chi connectivity index (χ4n) is 3.35. The van der Waals surface area contributed by atoms with E-state index in [4.69, 9.17) is 20.4 Å². The highest BCUT2D eigenvalue weighted by Crippen LogP contribution is 2.16. The van der Waals surface area contributed by atoms with Gasteiger partial charge in [-0.2, -0.15) is 0 Å². The molecule has 0 atom stereocenters. The zero-order valence-corrected chi connectivity index (χ0v) is 20.7. The summed E-state index contributed by atoms with van der Waals surface area (Å²) < 4.78 is 4.53. The van der Waals surface area contributed by atoms with Crippen LogP contribution in [-0.2, 0) is 14.3 Å². The molecule has 0 unspecified atom stereocenters. The number of hydrogen-bond donors (Lipinski definition) is 4. The average Bonchev–Trinajstić information content (AvgIpc) is 2.78. The SMILES string of the molecule is CCCCCCCCCCCCCCCCCC(=O)O.COCC(=O)C(CO)(CO)CO. The minimum Gasteiger partial charge on any atom is -0.481 e. The minimum absolute atomic E-state index is 0.221. The molecule has 0 heterocycles. The second kappa shape index (κ2) is 24.6. The first-order valence-electron chi connectivity index (χ1n) is 12.5. The van der Waals surface area contributed by atoms with Gasteiger partial charge < -0.3 is 25.2 Å². The Morgan fingerprint density at radius 2 is 1.00 bits per heavy atom. The van der Waals surface area contributed by atoms with E-state index in [0.29, 0.717) is 6.42 Å². The van der Waals surface area contributed by atoms with E-state index in [1.165, 1.54) is 90.6 Å². The van der Waals surface area contributed by atoms with Crippen LogP contribution in [0.2, 0.25) is 0 Å². The molecule has 0 aromatic carbocycles. The first kappa shape index (κ1) is 33.2. The maximum absolute atomic E-state index is 11.2. The predicted molar refractivity (Wildman–Crippen MR) is 128 cm³/mol. The molecule has 0 saturated carbocycles. The van der Waals surface area contributed by atoms with Crippen LogP contribution in [0.25, 0.3) is 0 Å². The van der Waals surface area contributed by atoms with Crippen molar-refractivity contribution in [1.82, 2.24) is 0 Å². The third-order valence-corrected chi connectivity index (χ3v) is 5.77. The van der Waals surface area contributed by atoms with Gasteiger partial charge in [-0.25, -0.2) is 0 Å². The Hall–Kier alpha value is -1.02. The number of hydrogen-bond acceptors (Lipinski definition) is 6. The third-order valence-electron chi connectivity index (χ3n) is 5.77. The molecule has 32 heavy (non-hydrogen) atoms. The van der Waals surface area contributed by atoms with Gasteiger partial charge in [0.1, 0.15) is 12.0 Å². The van der Waals surface area contributed by atoms with Crippen LogP contribution in [0.3, 0.4) is 0 Å². The van der Waals surface area contributed by atoms with Gasteiger partial charge in [0, 0.05) is 13.5 Å². The third kappa shape index (κ3) is 19.6. The molecule has 0 aliphatic carbocycles. The molecular weight excluding hydrogens is 412 g/mol. The molecule has 0 bridgehead atoms. The molecule has 0 aromatic heterocycles. The number of carboxylic acid groups (broad SMARTS) is 1. The Labute approximate surface area is 195 Å². The standard InChI is InChI=1S/C18H36O2.C7H14O5/c1-2-3-4-5-6-7-8-9-10-11-12-13-14-15-16-17-18(19)20;1-12-2-6(11)7(3-8,4-9)5-10/h2-17H2,1H3,(H,19,20);8-10H,2-5H2,1H3. The largest absolute Gasteiger partial charge is 0.481 e. The summed E-state index contributed by atoms with van der Waals surface area (Å²) in [7, 11) is 1.33. The number of ether oxygens (including phenoxy) is 1. The van der Waals surface area contributed by atoms with Crippen molar-refractivity contribution in [1.29, 1.82) is 0 Å². The van der Waals surface area contributed by atoms with E-state index in [0.717, 1.165) is 12.8 Å². The molecule has 0 spiro atoms. The van der Waals surface area contributed by atoms with Crippen molar-refractivity contribution < 1.29 is 34.8 Å². The first-order valence-corrected chi connectivity index (χ1v) is 12.5. The summed E-state index contributed by atoms with van der Waals surface area (Å²) in [6, 6.07) is 0. The van der Waals surface area contributed by atoms with E-state index in [9.17, 15) is 9.59 Å². The molecule has 4 N–H and O–H groups in total. The van der Waals surface area contributed by atoms with Crippen LogP contribution in [0.15, 0.2) is 0 Å². The molecular formula is C25H50O7. The number of Topliss-reactive ketones (excluding diaryl/α,β-unsaturated/α-hetero) is 1. The Morgan fingerprint density at radius 1 is 0.656 bits per heavy atom. The molecule has 0 amide bonds. The minimum atomic E-state index is -1.46. The van der Waals surface area contributed by atoms with Gasteiger partial charge in [0.05, 0.1) is 19.8 Å². The van der Waals surface area contributed by atoms with Gasteiger partial charge in [0.25, 0.3) is 0 Å². The lowest BCUT2D eigenvalue weighted by atomic mass is 9.86. The van der Waals surface area contributed by atoms with E-state index in [1.807, 2.05) is 0 Å². The summed E-state index contributed by atoms with van der Waals surface area (Å²) in [6.07, 6.45) is 20.2. The van der Waals surface area contributed by atoms with Crippen molar-refractivity contribution in [2.45, 2.75) is 110 Å². The fourth-order valence-corrected chi connectivity index (χ4v) is 3.35. The van der Waals surface area contributed by atoms with Crippen LogP contribution in [0.5, 0.6) is 0 Å². The van der Waals surface area contributed by atoms with Crippen LogP contribution in [0, 0.1) is 5.41 Å². The highest BCUT2D eigenvalue weighted by molar-refractivity contribution is 5.86. The lowest BCUT2D eigenvalue weighted by molar-refractivity contribution is -0.141. The van der Waals surface area contributed by atoms with E-state index >= 15 is 0 Å². The zero-order chi connectivity index (χ0) is 24.5. The van der Waals surface area contributed by atoms with Crippen molar-refractivity contribution in [3.05, 3.63) is 0 Å². The number of methoxy groups -OCH3 is 1. The average molecular weight is 463 g/mol. The highest BCUT2D eigenvalue weighted by Gasteiger charge is 2.36. The first-order chi connectivity index (χ1) is 15.4. The Bertz CT molecular complexity index is 414. The quantitative estimate of drug-likeness (QED) is 0.175. The van der Waals surface area contributed by atoms with Crippen molar-refractivity contribution >= 4 is 11.8 Å². The van der Waals surface area contributed by atoms with Crippen molar-refractivity contribution in [3.63, 3.8) is 0 Å². The van der Waals surface area contributed by atoms with E-state index in [-0.39, 0.29) is 6.61 Å². The molecule has 7 nitrogen and oxygen atoms in total. The molecule has 0 radical (unpaired) electrons. The molecule has 0 fully saturated rings. The summed E-state index contributed by atoms with van der Waals surface area (Å²) in [5.74, 6) is -1.16. The van der Waals surface area contributed by atoms with E-state index < -0.39 is 37.0 Å². The molecule has 0 aromatic rings. The molecule has 0 rings (SSSR count). The van der Waals surface area contributed by atoms with Gasteiger partial charge in [-0.15, -0.1) is 0 Å². The lowest BCUT2D eigenvalue weighted by Crippen LogP contribution is -2.43. The summed E-state index contributed by atoms with van der Waals surface area (Å²) >= 11 is 0. The number of unbranched alkanes of at least 4 members (excludes halogenated alkanes) is 14. The summed E-state index contributed by atoms with van der Waals surface area (Å²) in [5.41, 5.74) is -1.46. The van der Waals surface area contributed by atoms with Crippen LogP contribution in [0.4, 0.5) is 0 Å². The molecule has 0 aliphatic heterocycles. The van der Waals surface area contributed by atoms with Crippen LogP contribution < -0.4 is 0 Å². The molecule has 0 aliphatic rings. The topological polar surface area (TPSA) is 124 Å². The summed E-state index contributed by atoms with van der Waals surface area (Å²) in [5, 5.41) is 34.8. The number of aliphatic hydroxyl groups excluding tert-OH is 3. The smallest absolute Gasteiger partial charge is 0.303 e. The monoisotopic (exact) mass is 462 g/mol. The number of rotatable bonds is 22. The van der Waals surface area contributed by atoms with Gasteiger partial charge in [0.2, 0.25) is 0 Å². The second-order valence-electron chi connectivity index (χ2n) is 8.70. The van der Waals surface area contributed by atoms with Crippen LogP contribution >= 0.6 is 0 Å². The van der Waals surface area contributed by atoms with E-state index in [1.54, 1.807) is 0 Å². The number of aliphatic carboxylic acids is 1. The fraction of sp³-hybridized carbons (Fsp3) is 0.920. The highest BCUT2D eigenvalue weighted by atomic mass is 16.5. The molecule has 7 heteroatoms. The second-order valence-corrected chi connectivity index (χ2v) is 8.70. The summed E-state index contributed by atoms with van der Waals surface area (Å²) in [6.45, 7) is 0.306. The van der Waals surface area contributed by atoms with Crippen molar-refractivity contribution in [2.24, 2.45) is 5.41 Å². The number of carbonyl (C=O) groups excluding carboxylic acids is 1. The number of ketones is 1. The normalized spacial score (nSPS) is 11.2. The van der Waals surface area contributed by atoms with Gasteiger partial charge in [-0.05, 0) is 6.42 Å². The van der Waals surface area contributed by atoms with Crippen LogP contribution in [0.1, 0.15) is 110 Å². The summed E-state index contributed by atoms with van der Waals surface area (Å²) in [4.78, 5) is 21.5. The Kier molecular flexibility index (Phi) is 25.5. The van der Waals surface area contributed by atoms with Crippen molar-refractivity contribution in [3.8, 4) is 0 Å². The Balaban J connectivity index is 0. The molecule has 192 valence electrons. The van der Waals surface area contributed by atoms with Gasteiger partial charge in [0.15, 0.2) is 5.78 Å². The van der Waals surface area contributed by atoms with E-state index in [2.05, 4.69) is 11.7 Å². The van der Waals surface area contributed by atoms with Gasteiger partial charge in [-0.3, -0.25) is 9.59 Å². The lowest BCUT2D eigenvalue weighted by Gasteiger charge is -2.24. The van der Waals surface area contributed by atoms with Crippen molar-refractivity contribution in [2.75, 3.05) is 33.5 Å². The predicted octanol–water partition coefficient (Wildman–Crippen LogP) is 4.50. The molecule has 0 saturated heterocycles.